The molecule has 188 valence electrons. The minimum absolute atomic E-state index is 0.0135. The van der Waals surface area contributed by atoms with Crippen molar-refractivity contribution >= 4 is 11.8 Å². The Labute approximate surface area is 209 Å². The molecule has 2 aliphatic rings. The van der Waals surface area contributed by atoms with Crippen molar-refractivity contribution in [3.8, 4) is 5.75 Å². The number of aromatic nitrogens is 2. The monoisotopic (exact) mass is 478 g/mol. The van der Waals surface area contributed by atoms with Crippen LogP contribution in [0.5, 0.6) is 5.75 Å². The van der Waals surface area contributed by atoms with Gasteiger partial charge in [-0.3, -0.25) is 19.8 Å². The lowest BCUT2D eigenvalue weighted by Gasteiger charge is -2.39. The summed E-state index contributed by atoms with van der Waals surface area (Å²) in [7, 11) is 2.02. The lowest BCUT2D eigenvalue weighted by atomic mass is 9.67. The summed E-state index contributed by atoms with van der Waals surface area (Å²) < 4.78 is 11.3. The Bertz CT molecular complexity index is 1090. The SMILES string of the molecule is CCOC(=O)C[C@H](C1=NCCN1C)c1ccc(OCc2cnc3c(n2)C(C)(C)CCC3(C)C)cc1. The molecule has 0 saturated heterocycles. The molecule has 0 unspecified atom stereocenters. The molecule has 1 aromatic heterocycles. The standard InChI is InChI=1S/C28H38N4O3/c1-7-34-23(33)16-22(26-29-14-15-32(26)6)19-8-10-21(11-9-19)35-18-20-17-30-24-25(31-20)28(4,5)13-12-27(24,2)3/h8-11,17,22H,7,12-16,18H2,1-6H3/t22-/m0/s1. The fraction of sp³-hybridized carbons (Fsp3) is 0.571. The second-order valence-corrected chi connectivity index (χ2v) is 10.9. The highest BCUT2D eigenvalue weighted by Crippen LogP contribution is 2.43. The summed E-state index contributed by atoms with van der Waals surface area (Å²) in [5, 5.41) is 0. The van der Waals surface area contributed by atoms with Gasteiger partial charge < -0.3 is 14.4 Å². The highest BCUT2D eigenvalue weighted by Gasteiger charge is 2.39. The number of likely N-dealkylation sites (N-methyl/N-ethyl adjacent to an activating group) is 1. The van der Waals surface area contributed by atoms with Gasteiger partial charge >= 0.3 is 5.97 Å². The van der Waals surface area contributed by atoms with Gasteiger partial charge in [-0.25, -0.2) is 0 Å². The zero-order valence-corrected chi connectivity index (χ0v) is 21.9. The van der Waals surface area contributed by atoms with E-state index in [-0.39, 0.29) is 29.1 Å². The van der Waals surface area contributed by atoms with Crippen LogP contribution >= 0.6 is 0 Å². The zero-order chi connectivity index (χ0) is 25.2. The van der Waals surface area contributed by atoms with Crippen molar-refractivity contribution in [2.75, 3.05) is 26.7 Å². The molecule has 35 heavy (non-hydrogen) atoms. The average Bonchev–Trinajstić information content (AvgIpc) is 3.25. The highest BCUT2D eigenvalue weighted by atomic mass is 16.5. The number of ether oxygens (including phenoxy) is 2. The molecule has 7 nitrogen and oxygen atoms in total. The molecule has 1 aliphatic carbocycles. The molecular formula is C28H38N4O3. The number of aliphatic imine (C=N–C) groups is 1. The van der Waals surface area contributed by atoms with Crippen LogP contribution in [-0.2, 0) is 27.0 Å². The number of rotatable bonds is 8. The smallest absolute Gasteiger partial charge is 0.306 e. The molecule has 0 bridgehead atoms. The van der Waals surface area contributed by atoms with Crippen molar-refractivity contribution in [2.24, 2.45) is 4.99 Å². The molecule has 0 radical (unpaired) electrons. The molecule has 2 heterocycles. The third-order valence-electron chi connectivity index (χ3n) is 7.24. The van der Waals surface area contributed by atoms with Crippen molar-refractivity contribution in [1.82, 2.24) is 14.9 Å². The van der Waals surface area contributed by atoms with Crippen molar-refractivity contribution in [1.29, 1.82) is 0 Å². The predicted molar refractivity (Wildman–Crippen MR) is 137 cm³/mol. The van der Waals surface area contributed by atoms with Crippen LogP contribution in [0.4, 0.5) is 0 Å². The van der Waals surface area contributed by atoms with E-state index in [0.29, 0.717) is 13.2 Å². The Kier molecular flexibility index (Phi) is 7.15. The van der Waals surface area contributed by atoms with Gasteiger partial charge in [-0.2, -0.15) is 0 Å². The Morgan fingerprint density at radius 3 is 2.40 bits per heavy atom. The quantitative estimate of drug-likeness (QED) is 0.508. The van der Waals surface area contributed by atoms with Gasteiger partial charge in [0.25, 0.3) is 0 Å². The summed E-state index contributed by atoms with van der Waals surface area (Å²) in [4.78, 5) is 28.8. The minimum atomic E-state index is -0.210. The van der Waals surface area contributed by atoms with Crippen LogP contribution in [0.15, 0.2) is 35.5 Å². The van der Waals surface area contributed by atoms with Gasteiger partial charge in [0.2, 0.25) is 0 Å². The van der Waals surface area contributed by atoms with Crippen molar-refractivity contribution in [3.05, 3.63) is 53.1 Å². The third-order valence-corrected chi connectivity index (χ3v) is 7.24. The van der Waals surface area contributed by atoms with Crippen LogP contribution < -0.4 is 4.74 Å². The lowest BCUT2D eigenvalue weighted by molar-refractivity contribution is -0.143. The van der Waals surface area contributed by atoms with Gasteiger partial charge in [0, 0.05) is 24.4 Å². The predicted octanol–water partition coefficient (Wildman–Crippen LogP) is 4.79. The number of hydrogen-bond acceptors (Lipinski definition) is 7. The van der Waals surface area contributed by atoms with E-state index in [0.717, 1.165) is 60.2 Å². The van der Waals surface area contributed by atoms with E-state index in [2.05, 4.69) is 37.6 Å². The maximum Gasteiger partial charge on any atom is 0.306 e. The van der Waals surface area contributed by atoms with Crippen molar-refractivity contribution < 1.29 is 14.3 Å². The summed E-state index contributed by atoms with van der Waals surface area (Å²) in [6.07, 6.45) is 4.33. The molecule has 0 fully saturated rings. The Balaban J connectivity index is 1.48. The van der Waals surface area contributed by atoms with Gasteiger partial charge in [-0.1, -0.05) is 39.8 Å². The van der Waals surface area contributed by atoms with Gasteiger partial charge in [0.05, 0.1) is 48.8 Å². The molecule has 2 aromatic rings. The summed E-state index contributed by atoms with van der Waals surface area (Å²) in [6.45, 7) is 13.2. The fourth-order valence-corrected chi connectivity index (χ4v) is 4.95. The first-order chi connectivity index (χ1) is 16.6. The number of benzene rings is 1. The van der Waals surface area contributed by atoms with Crippen LogP contribution in [0, 0.1) is 0 Å². The van der Waals surface area contributed by atoms with E-state index in [1.54, 1.807) is 0 Å². The molecular weight excluding hydrogens is 440 g/mol. The van der Waals surface area contributed by atoms with Gasteiger partial charge in [0.1, 0.15) is 18.2 Å². The first-order valence-electron chi connectivity index (χ1n) is 12.6. The van der Waals surface area contributed by atoms with E-state index < -0.39 is 0 Å². The molecule has 7 heteroatoms. The van der Waals surface area contributed by atoms with Crippen molar-refractivity contribution in [2.45, 2.75) is 77.2 Å². The average molecular weight is 479 g/mol. The van der Waals surface area contributed by atoms with Gasteiger partial charge in [0.15, 0.2) is 0 Å². The van der Waals surface area contributed by atoms with Crippen LogP contribution in [-0.4, -0.2) is 53.4 Å². The maximum absolute atomic E-state index is 12.3. The van der Waals surface area contributed by atoms with Crippen molar-refractivity contribution in [3.63, 3.8) is 0 Å². The first-order valence-corrected chi connectivity index (χ1v) is 12.6. The highest BCUT2D eigenvalue weighted by molar-refractivity contribution is 5.93. The molecule has 1 aromatic carbocycles. The summed E-state index contributed by atoms with van der Waals surface area (Å²) in [5.74, 6) is 1.34. The second-order valence-electron chi connectivity index (χ2n) is 10.9. The molecule has 1 atom stereocenters. The number of fused-ring (bicyclic) bond motifs is 1. The molecule has 0 N–H and O–H groups in total. The minimum Gasteiger partial charge on any atom is -0.487 e. The van der Waals surface area contributed by atoms with E-state index >= 15 is 0 Å². The number of esters is 1. The number of amidine groups is 1. The summed E-state index contributed by atoms with van der Waals surface area (Å²) >= 11 is 0. The zero-order valence-electron chi connectivity index (χ0n) is 21.9. The number of carbonyl (C=O) groups is 1. The number of hydrogen-bond donors (Lipinski definition) is 0. The van der Waals surface area contributed by atoms with Crippen LogP contribution in [0.3, 0.4) is 0 Å². The third kappa shape index (κ3) is 5.49. The number of nitrogens with zero attached hydrogens (tertiary/aromatic N) is 4. The largest absolute Gasteiger partial charge is 0.487 e. The van der Waals surface area contributed by atoms with Gasteiger partial charge in [-0.05, 0) is 37.5 Å². The van der Waals surface area contributed by atoms with Crippen LogP contribution in [0.2, 0.25) is 0 Å². The molecule has 0 saturated carbocycles. The first kappa shape index (κ1) is 25.1. The molecule has 1 aliphatic heterocycles. The van der Waals surface area contributed by atoms with E-state index in [4.69, 9.17) is 19.4 Å². The van der Waals surface area contributed by atoms with Gasteiger partial charge in [-0.15, -0.1) is 0 Å². The topological polar surface area (TPSA) is 76.9 Å². The maximum atomic E-state index is 12.3. The Morgan fingerprint density at radius 2 is 1.77 bits per heavy atom. The normalized spacial score (nSPS) is 19.0. The molecule has 0 spiro atoms. The summed E-state index contributed by atoms with van der Waals surface area (Å²) in [5.41, 5.74) is 4.11. The van der Waals surface area contributed by atoms with E-state index in [9.17, 15) is 4.79 Å². The van der Waals surface area contributed by atoms with E-state index in [1.165, 1.54) is 0 Å². The Hall–Kier alpha value is -2.96. The Morgan fingerprint density at radius 1 is 1.09 bits per heavy atom. The second kappa shape index (κ2) is 9.96. The lowest BCUT2D eigenvalue weighted by Crippen LogP contribution is -2.36. The van der Waals surface area contributed by atoms with E-state index in [1.807, 2.05) is 44.4 Å². The molecule has 4 rings (SSSR count). The number of carbonyl (C=O) groups excluding carboxylic acids is 1. The summed E-state index contributed by atoms with van der Waals surface area (Å²) in [6, 6.07) is 7.92. The molecule has 0 amide bonds. The van der Waals surface area contributed by atoms with Crippen LogP contribution in [0.1, 0.15) is 82.4 Å². The fourth-order valence-electron chi connectivity index (χ4n) is 4.95. The van der Waals surface area contributed by atoms with Crippen LogP contribution in [0.25, 0.3) is 0 Å².